The van der Waals surface area contributed by atoms with Gasteiger partial charge in [-0.15, -0.1) is 0 Å². The van der Waals surface area contributed by atoms with E-state index < -0.39 is 0 Å². The average molecular weight is 269 g/mol. The molecule has 0 unspecified atom stereocenters. The predicted octanol–water partition coefficient (Wildman–Crippen LogP) is 4.28. The third kappa shape index (κ3) is 3.05. The first kappa shape index (κ1) is 12.1. The Labute approximate surface area is 109 Å². The van der Waals surface area contributed by atoms with Crippen LogP contribution in [0.1, 0.15) is 5.56 Å². The van der Waals surface area contributed by atoms with Crippen LogP contribution < -0.4 is 4.74 Å². The second-order valence-electron chi connectivity index (χ2n) is 3.49. The number of para-hydroxylation sites is 2. The molecule has 0 saturated heterocycles. The van der Waals surface area contributed by atoms with Crippen molar-refractivity contribution in [1.82, 2.24) is 0 Å². The SMILES string of the molecule is Oc1ccccc1OCc1ccc(Cl)cc1Cl. The van der Waals surface area contributed by atoms with Crippen LogP contribution in [-0.4, -0.2) is 5.11 Å². The Balaban J connectivity index is 2.10. The summed E-state index contributed by atoms with van der Waals surface area (Å²) >= 11 is 11.8. The molecule has 2 aromatic rings. The number of hydrogen-bond acceptors (Lipinski definition) is 2. The van der Waals surface area contributed by atoms with Crippen LogP contribution in [-0.2, 0) is 6.61 Å². The second kappa shape index (κ2) is 5.30. The summed E-state index contributed by atoms with van der Waals surface area (Å²) < 4.78 is 5.47. The van der Waals surface area contributed by atoms with Crippen molar-refractivity contribution in [3.63, 3.8) is 0 Å². The Morgan fingerprint density at radius 3 is 2.53 bits per heavy atom. The monoisotopic (exact) mass is 268 g/mol. The summed E-state index contributed by atoms with van der Waals surface area (Å²) in [5, 5.41) is 10.7. The van der Waals surface area contributed by atoms with Gasteiger partial charge < -0.3 is 9.84 Å². The minimum atomic E-state index is 0.109. The van der Waals surface area contributed by atoms with Gasteiger partial charge in [0, 0.05) is 15.6 Å². The molecule has 0 bridgehead atoms. The molecule has 0 atom stereocenters. The molecule has 0 aromatic heterocycles. The quantitative estimate of drug-likeness (QED) is 0.901. The van der Waals surface area contributed by atoms with E-state index in [2.05, 4.69) is 0 Å². The van der Waals surface area contributed by atoms with E-state index in [0.717, 1.165) is 5.56 Å². The van der Waals surface area contributed by atoms with Crippen LogP contribution in [0, 0.1) is 0 Å². The average Bonchev–Trinajstić information content (AvgIpc) is 2.30. The summed E-state index contributed by atoms with van der Waals surface area (Å²) in [6.45, 7) is 0.285. The molecule has 0 heterocycles. The van der Waals surface area contributed by atoms with E-state index in [9.17, 15) is 5.11 Å². The van der Waals surface area contributed by atoms with E-state index in [-0.39, 0.29) is 12.4 Å². The maximum atomic E-state index is 9.52. The highest BCUT2D eigenvalue weighted by Gasteiger charge is 2.04. The van der Waals surface area contributed by atoms with Crippen molar-refractivity contribution in [2.24, 2.45) is 0 Å². The van der Waals surface area contributed by atoms with Crippen molar-refractivity contribution in [2.75, 3.05) is 0 Å². The first-order valence-electron chi connectivity index (χ1n) is 5.01. The number of phenols is 1. The standard InChI is InChI=1S/C13H10Cl2O2/c14-10-6-5-9(11(15)7-10)8-17-13-4-2-1-3-12(13)16/h1-7,16H,8H2. The van der Waals surface area contributed by atoms with Crippen molar-refractivity contribution in [3.8, 4) is 11.5 Å². The lowest BCUT2D eigenvalue weighted by atomic mass is 10.2. The van der Waals surface area contributed by atoms with Gasteiger partial charge in [-0.2, -0.15) is 0 Å². The fourth-order valence-electron chi connectivity index (χ4n) is 1.37. The van der Waals surface area contributed by atoms with Gasteiger partial charge in [0.05, 0.1) is 0 Å². The Bertz CT molecular complexity index is 527. The van der Waals surface area contributed by atoms with Crippen molar-refractivity contribution in [3.05, 3.63) is 58.1 Å². The summed E-state index contributed by atoms with van der Waals surface area (Å²) in [6.07, 6.45) is 0. The van der Waals surface area contributed by atoms with Crippen molar-refractivity contribution >= 4 is 23.2 Å². The van der Waals surface area contributed by atoms with Gasteiger partial charge in [-0.25, -0.2) is 0 Å². The highest BCUT2D eigenvalue weighted by Crippen LogP contribution is 2.27. The molecule has 0 amide bonds. The van der Waals surface area contributed by atoms with Crippen molar-refractivity contribution in [2.45, 2.75) is 6.61 Å². The maximum absolute atomic E-state index is 9.52. The van der Waals surface area contributed by atoms with E-state index in [1.807, 2.05) is 0 Å². The molecule has 1 N–H and O–H groups in total. The van der Waals surface area contributed by atoms with E-state index in [1.54, 1.807) is 42.5 Å². The van der Waals surface area contributed by atoms with Crippen molar-refractivity contribution in [1.29, 1.82) is 0 Å². The lowest BCUT2D eigenvalue weighted by Gasteiger charge is -2.09. The van der Waals surface area contributed by atoms with Crippen LogP contribution in [0.15, 0.2) is 42.5 Å². The highest BCUT2D eigenvalue weighted by molar-refractivity contribution is 6.35. The number of hydrogen-bond donors (Lipinski definition) is 1. The van der Waals surface area contributed by atoms with Gasteiger partial charge in [0.2, 0.25) is 0 Å². The number of halogens is 2. The van der Waals surface area contributed by atoms with Gasteiger partial charge >= 0.3 is 0 Å². The van der Waals surface area contributed by atoms with Gasteiger partial charge in [0.25, 0.3) is 0 Å². The molecule has 88 valence electrons. The Kier molecular flexibility index (Phi) is 3.77. The van der Waals surface area contributed by atoms with Gasteiger partial charge in [-0.05, 0) is 24.3 Å². The van der Waals surface area contributed by atoms with Gasteiger partial charge in [0.15, 0.2) is 11.5 Å². The molecule has 2 nitrogen and oxygen atoms in total. The Morgan fingerprint density at radius 2 is 1.82 bits per heavy atom. The van der Waals surface area contributed by atoms with E-state index >= 15 is 0 Å². The molecule has 4 heteroatoms. The highest BCUT2D eigenvalue weighted by atomic mass is 35.5. The molecular formula is C13H10Cl2O2. The molecule has 2 aromatic carbocycles. The fourth-order valence-corrected chi connectivity index (χ4v) is 1.84. The zero-order valence-electron chi connectivity index (χ0n) is 8.86. The lowest BCUT2D eigenvalue weighted by Crippen LogP contribution is -1.96. The minimum Gasteiger partial charge on any atom is -0.504 e. The summed E-state index contributed by atoms with van der Waals surface area (Å²) in [5.41, 5.74) is 0.819. The Hall–Kier alpha value is -1.38. The number of rotatable bonds is 3. The van der Waals surface area contributed by atoms with Gasteiger partial charge in [-0.3, -0.25) is 0 Å². The summed E-state index contributed by atoms with van der Waals surface area (Å²) in [7, 11) is 0. The first-order chi connectivity index (χ1) is 8.16. The lowest BCUT2D eigenvalue weighted by molar-refractivity contribution is 0.289. The molecule has 0 aliphatic carbocycles. The second-order valence-corrected chi connectivity index (χ2v) is 4.34. The van der Waals surface area contributed by atoms with Crippen LogP contribution >= 0.6 is 23.2 Å². The van der Waals surface area contributed by atoms with Crippen LogP contribution in [0.2, 0.25) is 10.0 Å². The molecule has 0 fully saturated rings. The fraction of sp³-hybridized carbons (Fsp3) is 0.0769. The summed E-state index contributed by atoms with van der Waals surface area (Å²) in [5.74, 6) is 0.538. The van der Waals surface area contributed by atoms with Gasteiger partial charge in [-0.1, -0.05) is 41.4 Å². The zero-order chi connectivity index (χ0) is 12.3. The third-order valence-electron chi connectivity index (χ3n) is 2.26. The number of benzene rings is 2. The Morgan fingerprint density at radius 1 is 1.06 bits per heavy atom. The minimum absolute atomic E-state index is 0.109. The zero-order valence-corrected chi connectivity index (χ0v) is 10.4. The van der Waals surface area contributed by atoms with Crippen LogP contribution in [0.4, 0.5) is 0 Å². The molecular weight excluding hydrogens is 259 g/mol. The normalized spacial score (nSPS) is 10.2. The molecule has 0 aliphatic rings. The summed E-state index contributed by atoms with van der Waals surface area (Å²) in [4.78, 5) is 0. The maximum Gasteiger partial charge on any atom is 0.161 e. The molecule has 17 heavy (non-hydrogen) atoms. The van der Waals surface area contributed by atoms with Crippen molar-refractivity contribution < 1.29 is 9.84 Å². The molecule has 2 rings (SSSR count). The number of phenolic OH excluding ortho intramolecular Hbond substituents is 1. The van der Waals surface area contributed by atoms with Crippen LogP contribution in [0.25, 0.3) is 0 Å². The molecule has 0 saturated carbocycles. The van der Waals surface area contributed by atoms with E-state index in [1.165, 1.54) is 0 Å². The molecule has 0 radical (unpaired) electrons. The van der Waals surface area contributed by atoms with Crippen LogP contribution in [0.5, 0.6) is 11.5 Å². The molecule has 0 spiro atoms. The number of ether oxygens (including phenoxy) is 1. The largest absolute Gasteiger partial charge is 0.504 e. The van der Waals surface area contributed by atoms with Crippen LogP contribution in [0.3, 0.4) is 0 Å². The van der Waals surface area contributed by atoms with Gasteiger partial charge in [0.1, 0.15) is 6.61 Å². The van der Waals surface area contributed by atoms with E-state index in [0.29, 0.717) is 15.8 Å². The first-order valence-corrected chi connectivity index (χ1v) is 5.77. The topological polar surface area (TPSA) is 29.5 Å². The third-order valence-corrected chi connectivity index (χ3v) is 2.85. The smallest absolute Gasteiger partial charge is 0.161 e. The number of aromatic hydroxyl groups is 1. The molecule has 0 aliphatic heterocycles. The predicted molar refractivity (Wildman–Crippen MR) is 68.9 cm³/mol. The summed E-state index contributed by atoms with van der Waals surface area (Å²) in [6, 6.07) is 12.0. The van der Waals surface area contributed by atoms with E-state index in [4.69, 9.17) is 27.9 Å².